The van der Waals surface area contributed by atoms with Crippen LogP contribution in [0.15, 0.2) is 41.8 Å². The van der Waals surface area contributed by atoms with E-state index in [1.54, 1.807) is 6.20 Å². The quantitative estimate of drug-likeness (QED) is 0.486. The summed E-state index contributed by atoms with van der Waals surface area (Å²) in [5.41, 5.74) is 2.35. The largest absolute Gasteiger partial charge is 0.466 e. The molecular formula is C23H31N3O3S. The molecule has 3 rings (SSSR count). The molecular weight excluding hydrogens is 398 g/mol. The monoisotopic (exact) mass is 429 g/mol. The maximum absolute atomic E-state index is 13.0. The number of amides is 1. The maximum Gasteiger partial charge on any atom is 0.309 e. The standard InChI is InChI=1S/C23H31N3O3S/c1-5-29-22(28)18-10-13-25(14-11-18)21(27)17(4)30-23-24-12-15-26(23)20-9-7-6-8-19(20)16(2)3/h6-9,12,15-18H,5,10-11,13-14H2,1-4H3. The molecule has 1 aromatic carbocycles. The number of imidazole rings is 1. The molecule has 0 bridgehead atoms. The Kier molecular flexibility index (Phi) is 7.58. The third-order valence-electron chi connectivity index (χ3n) is 5.48. The molecule has 0 saturated carbocycles. The van der Waals surface area contributed by atoms with Gasteiger partial charge in [0.1, 0.15) is 0 Å². The van der Waals surface area contributed by atoms with E-state index < -0.39 is 0 Å². The number of likely N-dealkylation sites (tertiary alicyclic amines) is 1. The molecule has 1 aliphatic heterocycles. The predicted molar refractivity (Wildman–Crippen MR) is 119 cm³/mol. The molecule has 0 N–H and O–H groups in total. The van der Waals surface area contributed by atoms with E-state index in [1.165, 1.54) is 17.3 Å². The summed E-state index contributed by atoms with van der Waals surface area (Å²) in [5, 5.41) is 0.557. The minimum absolute atomic E-state index is 0.0917. The molecule has 30 heavy (non-hydrogen) atoms. The van der Waals surface area contributed by atoms with E-state index in [-0.39, 0.29) is 23.0 Å². The Bertz CT molecular complexity index is 872. The van der Waals surface area contributed by atoms with Crippen molar-refractivity contribution in [2.24, 2.45) is 5.92 Å². The lowest BCUT2D eigenvalue weighted by Gasteiger charge is -2.32. The fraction of sp³-hybridized carbons (Fsp3) is 0.522. The molecule has 7 heteroatoms. The molecule has 6 nitrogen and oxygen atoms in total. The molecule has 0 radical (unpaired) electrons. The van der Waals surface area contributed by atoms with Gasteiger partial charge in [-0.15, -0.1) is 0 Å². The van der Waals surface area contributed by atoms with Crippen LogP contribution in [0.4, 0.5) is 0 Å². The Balaban J connectivity index is 1.65. The number of rotatable bonds is 7. The fourth-order valence-corrected chi connectivity index (χ4v) is 4.78. The second-order valence-corrected chi connectivity index (χ2v) is 9.21. The van der Waals surface area contributed by atoms with Crippen LogP contribution in [0.3, 0.4) is 0 Å². The minimum Gasteiger partial charge on any atom is -0.466 e. The van der Waals surface area contributed by atoms with Gasteiger partial charge in [-0.25, -0.2) is 4.98 Å². The van der Waals surface area contributed by atoms with Crippen LogP contribution < -0.4 is 0 Å². The van der Waals surface area contributed by atoms with Crippen molar-refractivity contribution in [3.05, 3.63) is 42.2 Å². The van der Waals surface area contributed by atoms with Gasteiger partial charge in [-0.2, -0.15) is 0 Å². The van der Waals surface area contributed by atoms with Crippen molar-refractivity contribution in [2.75, 3.05) is 19.7 Å². The van der Waals surface area contributed by atoms with E-state index in [2.05, 4.69) is 41.6 Å². The van der Waals surface area contributed by atoms with Crippen molar-refractivity contribution in [2.45, 2.75) is 56.9 Å². The number of aromatic nitrogens is 2. The highest BCUT2D eigenvalue weighted by Crippen LogP contribution is 2.30. The van der Waals surface area contributed by atoms with Gasteiger partial charge in [0.15, 0.2) is 5.16 Å². The van der Waals surface area contributed by atoms with Gasteiger partial charge in [0.2, 0.25) is 5.91 Å². The van der Waals surface area contributed by atoms with Crippen LogP contribution in [0.1, 0.15) is 52.0 Å². The fourth-order valence-electron chi connectivity index (χ4n) is 3.82. The van der Waals surface area contributed by atoms with Crippen molar-refractivity contribution in [1.82, 2.24) is 14.5 Å². The molecule has 1 fully saturated rings. The first kappa shape index (κ1) is 22.4. The second-order valence-electron chi connectivity index (χ2n) is 7.91. The number of hydrogen-bond acceptors (Lipinski definition) is 5. The lowest BCUT2D eigenvalue weighted by Crippen LogP contribution is -2.43. The number of para-hydroxylation sites is 1. The van der Waals surface area contributed by atoms with Crippen molar-refractivity contribution in [3.8, 4) is 5.69 Å². The molecule has 2 aromatic rings. The molecule has 1 unspecified atom stereocenters. The zero-order valence-electron chi connectivity index (χ0n) is 18.2. The number of carbonyl (C=O) groups is 2. The van der Waals surface area contributed by atoms with Crippen LogP contribution in [0.5, 0.6) is 0 Å². The smallest absolute Gasteiger partial charge is 0.309 e. The molecule has 1 saturated heterocycles. The summed E-state index contributed by atoms with van der Waals surface area (Å²) >= 11 is 1.48. The number of piperidine rings is 1. The zero-order chi connectivity index (χ0) is 21.7. The lowest BCUT2D eigenvalue weighted by molar-refractivity contribution is -0.151. The summed E-state index contributed by atoms with van der Waals surface area (Å²) in [6, 6.07) is 8.30. The molecule has 1 atom stereocenters. The molecule has 0 aliphatic carbocycles. The molecule has 1 aliphatic rings. The maximum atomic E-state index is 13.0. The SMILES string of the molecule is CCOC(=O)C1CCN(C(=O)C(C)Sc2nccn2-c2ccccc2C(C)C)CC1. The summed E-state index contributed by atoms with van der Waals surface area (Å²) in [5.74, 6) is 0.247. The van der Waals surface area contributed by atoms with E-state index >= 15 is 0 Å². The van der Waals surface area contributed by atoms with Crippen molar-refractivity contribution < 1.29 is 14.3 Å². The summed E-state index contributed by atoms with van der Waals surface area (Å²) in [4.78, 5) is 31.3. The van der Waals surface area contributed by atoms with E-state index in [0.29, 0.717) is 38.5 Å². The van der Waals surface area contributed by atoms with Crippen molar-refractivity contribution in [1.29, 1.82) is 0 Å². The van der Waals surface area contributed by atoms with Gasteiger partial charge in [0, 0.05) is 25.5 Å². The van der Waals surface area contributed by atoms with Crippen molar-refractivity contribution in [3.63, 3.8) is 0 Å². The van der Waals surface area contributed by atoms with Gasteiger partial charge in [-0.05, 0) is 44.2 Å². The zero-order valence-corrected chi connectivity index (χ0v) is 19.0. The Morgan fingerprint density at radius 3 is 2.57 bits per heavy atom. The summed E-state index contributed by atoms with van der Waals surface area (Å²) in [6.07, 6.45) is 5.06. The van der Waals surface area contributed by atoms with Crippen LogP contribution in [0.2, 0.25) is 0 Å². The Hall–Kier alpha value is -2.28. The highest BCUT2D eigenvalue weighted by atomic mass is 32.2. The topological polar surface area (TPSA) is 64.4 Å². The van der Waals surface area contributed by atoms with Gasteiger partial charge < -0.3 is 9.64 Å². The summed E-state index contributed by atoms with van der Waals surface area (Å²) in [7, 11) is 0. The first-order valence-electron chi connectivity index (χ1n) is 10.7. The van der Waals surface area contributed by atoms with Gasteiger partial charge in [0.05, 0.1) is 23.5 Å². The predicted octanol–water partition coefficient (Wildman–Crippen LogP) is 4.28. The third-order valence-corrected chi connectivity index (χ3v) is 6.55. The highest BCUT2D eigenvalue weighted by molar-refractivity contribution is 8.00. The van der Waals surface area contributed by atoms with E-state index in [1.807, 2.05) is 31.0 Å². The highest BCUT2D eigenvalue weighted by Gasteiger charge is 2.31. The van der Waals surface area contributed by atoms with Crippen LogP contribution in [0.25, 0.3) is 5.69 Å². The summed E-state index contributed by atoms with van der Waals surface area (Å²) in [6.45, 7) is 9.69. The number of hydrogen-bond donors (Lipinski definition) is 0. The lowest BCUT2D eigenvalue weighted by atomic mass is 9.97. The first-order chi connectivity index (χ1) is 14.4. The number of nitrogens with zero attached hydrogens (tertiary/aromatic N) is 3. The van der Waals surface area contributed by atoms with E-state index in [9.17, 15) is 9.59 Å². The number of thioether (sulfide) groups is 1. The average molecular weight is 430 g/mol. The van der Waals surface area contributed by atoms with Gasteiger partial charge in [0.25, 0.3) is 0 Å². The average Bonchev–Trinajstić information content (AvgIpc) is 3.21. The van der Waals surface area contributed by atoms with Crippen LogP contribution >= 0.6 is 11.8 Å². The van der Waals surface area contributed by atoms with Gasteiger partial charge in [-0.3, -0.25) is 14.2 Å². The van der Waals surface area contributed by atoms with E-state index in [4.69, 9.17) is 4.74 Å². The Morgan fingerprint density at radius 2 is 1.90 bits per heavy atom. The van der Waals surface area contributed by atoms with Crippen LogP contribution in [0, 0.1) is 5.92 Å². The number of benzene rings is 1. The Morgan fingerprint density at radius 1 is 1.20 bits per heavy atom. The van der Waals surface area contributed by atoms with E-state index in [0.717, 1.165) is 10.8 Å². The van der Waals surface area contributed by atoms with Crippen molar-refractivity contribution >= 4 is 23.6 Å². The van der Waals surface area contributed by atoms with Crippen LogP contribution in [-0.4, -0.2) is 51.3 Å². The summed E-state index contributed by atoms with van der Waals surface area (Å²) < 4.78 is 7.18. The molecule has 1 aromatic heterocycles. The molecule has 162 valence electrons. The second kappa shape index (κ2) is 10.2. The number of carbonyl (C=O) groups excluding carboxylic acids is 2. The van der Waals surface area contributed by atoms with Gasteiger partial charge >= 0.3 is 5.97 Å². The number of ether oxygens (including phenoxy) is 1. The molecule has 2 heterocycles. The minimum atomic E-state index is -0.253. The molecule has 1 amide bonds. The Labute approximate surface area is 183 Å². The van der Waals surface area contributed by atoms with Crippen LogP contribution in [-0.2, 0) is 14.3 Å². The first-order valence-corrected chi connectivity index (χ1v) is 11.5. The van der Waals surface area contributed by atoms with Gasteiger partial charge in [-0.1, -0.05) is 43.8 Å². The third kappa shape index (κ3) is 5.06. The molecule has 0 spiro atoms. The number of esters is 1. The normalized spacial score (nSPS) is 16.0.